The molecule has 0 radical (unpaired) electrons. The van der Waals surface area contributed by atoms with Crippen LogP contribution in [0.15, 0.2) is 36.4 Å². The molecular weight excluding hydrogens is 286 g/mol. The minimum atomic E-state index is -0.610. The van der Waals surface area contributed by atoms with E-state index in [9.17, 15) is 9.90 Å². The molecule has 1 aliphatic heterocycles. The van der Waals surface area contributed by atoms with Crippen molar-refractivity contribution in [3.63, 3.8) is 0 Å². The van der Waals surface area contributed by atoms with Gasteiger partial charge in [-0.1, -0.05) is 30.7 Å². The number of benzene rings is 2. The molecule has 120 valence electrons. The highest BCUT2D eigenvalue weighted by Crippen LogP contribution is 2.33. The van der Waals surface area contributed by atoms with E-state index in [2.05, 4.69) is 41.3 Å². The van der Waals surface area contributed by atoms with Gasteiger partial charge in [-0.3, -0.25) is 9.69 Å². The smallest absolute Gasteiger partial charge is 0.306 e. The second-order valence-electron chi connectivity index (χ2n) is 7.07. The molecule has 2 aliphatic rings. The summed E-state index contributed by atoms with van der Waals surface area (Å²) < 4.78 is 0. The number of carboxylic acids is 1. The van der Waals surface area contributed by atoms with Gasteiger partial charge in [0.15, 0.2) is 0 Å². The average Bonchev–Trinajstić information content (AvgIpc) is 2.79. The first-order valence-electron chi connectivity index (χ1n) is 8.68. The molecule has 1 fully saturated rings. The first kappa shape index (κ1) is 14.7. The van der Waals surface area contributed by atoms with Crippen LogP contribution < -0.4 is 0 Å². The molecule has 1 aliphatic carbocycles. The van der Waals surface area contributed by atoms with E-state index in [-0.39, 0.29) is 5.92 Å². The second kappa shape index (κ2) is 5.97. The number of carboxylic acid groups (broad SMARTS) is 1. The summed E-state index contributed by atoms with van der Waals surface area (Å²) in [5, 5.41) is 11.9. The predicted molar refractivity (Wildman–Crippen MR) is 91.2 cm³/mol. The molecule has 1 N–H and O–H groups in total. The van der Waals surface area contributed by atoms with Gasteiger partial charge in [-0.2, -0.15) is 0 Å². The lowest BCUT2D eigenvalue weighted by atomic mass is 10.0. The van der Waals surface area contributed by atoms with Crippen LogP contribution in [0.1, 0.15) is 43.2 Å². The molecule has 3 nitrogen and oxygen atoms in total. The first-order valence-corrected chi connectivity index (χ1v) is 8.68. The van der Waals surface area contributed by atoms with E-state index in [1.807, 2.05) is 0 Å². The molecular formula is C20H23NO2. The zero-order chi connectivity index (χ0) is 15.8. The van der Waals surface area contributed by atoms with E-state index in [0.29, 0.717) is 6.04 Å². The largest absolute Gasteiger partial charge is 0.481 e. The van der Waals surface area contributed by atoms with Gasteiger partial charge in [0.25, 0.3) is 0 Å². The molecule has 0 amide bonds. The normalized spacial score (nSPS) is 25.2. The van der Waals surface area contributed by atoms with E-state index in [4.69, 9.17) is 0 Å². The average molecular weight is 309 g/mol. The molecule has 23 heavy (non-hydrogen) atoms. The SMILES string of the molecule is O=C(O)C1CCCC(N2Cc3cc4ccccc4cc3C2)CC1. The van der Waals surface area contributed by atoms with Gasteiger partial charge in [-0.05, 0) is 59.7 Å². The van der Waals surface area contributed by atoms with Crippen LogP contribution in [0.25, 0.3) is 10.8 Å². The molecule has 1 heterocycles. The zero-order valence-corrected chi connectivity index (χ0v) is 13.4. The third-order valence-corrected chi connectivity index (χ3v) is 5.62. The number of fused-ring (bicyclic) bond motifs is 2. The van der Waals surface area contributed by atoms with Crippen LogP contribution in [0.2, 0.25) is 0 Å². The Morgan fingerprint density at radius 3 is 2.22 bits per heavy atom. The minimum absolute atomic E-state index is 0.132. The van der Waals surface area contributed by atoms with Crippen molar-refractivity contribution >= 4 is 16.7 Å². The Bertz CT molecular complexity index is 695. The molecule has 2 unspecified atom stereocenters. The van der Waals surface area contributed by atoms with Crippen molar-refractivity contribution in [1.29, 1.82) is 0 Å². The van der Waals surface area contributed by atoms with Crippen LogP contribution in [0.5, 0.6) is 0 Å². The fourth-order valence-electron chi connectivity index (χ4n) is 4.27. The number of nitrogens with zero attached hydrogens (tertiary/aromatic N) is 1. The fraction of sp³-hybridized carbons (Fsp3) is 0.450. The summed E-state index contributed by atoms with van der Waals surface area (Å²) >= 11 is 0. The van der Waals surface area contributed by atoms with Crippen LogP contribution in [0.3, 0.4) is 0 Å². The molecule has 2 atom stereocenters. The summed E-state index contributed by atoms with van der Waals surface area (Å²) in [5.41, 5.74) is 2.89. The van der Waals surface area contributed by atoms with E-state index >= 15 is 0 Å². The third-order valence-electron chi connectivity index (χ3n) is 5.62. The summed E-state index contributed by atoms with van der Waals surface area (Å²) in [5.74, 6) is -0.742. The van der Waals surface area contributed by atoms with Crippen molar-refractivity contribution in [2.24, 2.45) is 5.92 Å². The second-order valence-corrected chi connectivity index (χ2v) is 7.07. The number of hydrogen-bond acceptors (Lipinski definition) is 2. The standard InChI is InChI=1S/C20H23NO2/c22-20(23)14-6-3-7-19(9-8-14)21-12-17-10-15-4-1-2-5-16(15)11-18(17)13-21/h1-2,4-5,10-11,14,19H,3,6-9,12-13H2,(H,22,23). The molecule has 1 saturated carbocycles. The lowest BCUT2D eigenvalue weighted by Crippen LogP contribution is -2.30. The Balaban J connectivity index is 1.51. The minimum Gasteiger partial charge on any atom is -0.481 e. The van der Waals surface area contributed by atoms with Gasteiger partial charge in [0.2, 0.25) is 0 Å². The Morgan fingerprint density at radius 2 is 1.61 bits per heavy atom. The van der Waals surface area contributed by atoms with E-state index in [1.54, 1.807) is 0 Å². The van der Waals surface area contributed by atoms with Crippen LogP contribution in [0, 0.1) is 5.92 Å². The Labute approximate surface area is 136 Å². The van der Waals surface area contributed by atoms with Crippen LogP contribution >= 0.6 is 0 Å². The van der Waals surface area contributed by atoms with E-state index in [1.165, 1.54) is 21.9 Å². The van der Waals surface area contributed by atoms with Gasteiger partial charge < -0.3 is 5.11 Å². The predicted octanol–water partition coefficient (Wildman–Crippen LogP) is 4.19. The van der Waals surface area contributed by atoms with Crippen LogP contribution in [-0.2, 0) is 17.9 Å². The lowest BCUT2D eigenvalue weighted by molar-refractivity contribution is -0.142. The lowest BCUT2D eigenvalue weighted by Gasteiger charge is -2.26. The summed E-state index contributed by atoms with van der Waals surface area (Å²) in [4.78, 5) is 13.8. The van der Waals surface area contributed by atoms with Crippen molar-refractivity contribution in [1.82, 2.24) is 4.90 Å². The van der Waals surface area contributed by atoms with Gasteiger partial charge in [0, 0.05) is 19.1 Å². The van der Waals surface area contributed by atoms with Crippen molar-refractivity contribution < 1.29 is 9.90 Å². The Hall–Kier alpha value is -1.87. The molecule has 0 saturated heterocycles. The van der Waals surface area contributed by atoms with Gasteiger partial charge >= 0.3 is 5.97 Å². The highest BCUT2D eigenvalue weighted by molar-refractivity contribution is 5.84. The van der Waals surface area contributed by atoms with Gasteiger partial charge in [-0.25, -0.2) is 0 Å². The maximum Gasteiger partial charge on any atom is 0.306 e. The van der Waals surface area contributed by atoms with Crippen molar-refractivity contribution in [2.75, 3.05) is 0 Å². The fourth-order valence-corrected chi connectivity index (χ4v) is 4.27. The molecule has 2 aromatic carbocycles. The molecule has 2 aromatic rings. The molecule has 0 bridgehead atoms. The molecule has 0 aromatic heterocycles. The number of rotatable bonds is 2. The highest BCUT2D eigenvalue weighted by atomic mass is 16.4. The van der Waals surface area contributed by atoms with Gasteiger partial charge in [0.1, 0.15) is 0 Å². The Kier molecular flexibility index (Phi) is 3.82. The summed E-state index contributed by atoms with van der Waals surface area (Å²) in [7, 11) is 0. The molecule has 3 heteroatoms. The number of hydrogen-bond donors (Lipinski definition) is 1. The summed E-state index contributed by atoms with van der Waals surface area (Å²) in [6.45, 7) is 2.03. The highest BCUT2D eigenvalue weighted by Gasteiger charge is 2.30. The first-order chi connectivity index (χ1) is 11.2. The van der Waals surface area contributed by atoms with Gasteiger partial charge in [0.05, 0.1) is 5.92 Å². The monoisotopic (exact) mass is 309 g/mol. The third kappa shape index (κ3) is 2.86. The van der Waals surface area contributed by atoms with E-state index < -0.39 is 5.97 Å². The summed E-state index contributed by atoms with van der Waals surface area (Å²) in [6.07, 6.45) is 4.86. The zero-order valence-electron chi connectivity index (χ0n) is 13.4. The number of aliphatic carboxylic acids is 1. The Morgan fingerprint density at radius 1 is 0.957 bits per heavy atom. The van der Waals surface area contributed by atoms with Gasteiger partial charge in [-0.15, -0.1) is 0 Å². The molecule has 0 spiro atoms. The van der Waals surface area contributed by atoms with Crippen molar-refractivity contribution in [3.05, 3.63) is 47.5 Å². The summed E-state index contributed by atoms with van der Waals surface area (Å²) in [6, 6.07) is 13.8. The van der Waals surface area contributed by atoms with Crippen molar-refractivity contribution in [3.8, 4) is 0 Å². The van der Waals surface area contributed by atoms with Crippen LogP contribution in [0.4, 0.5) is 0 Å². The topological polar surface area (TPSA) is 40.5 Å². The maximum atomic E-state index is 11.2. The quantitative estimate of drug-likeness (QED) is 0.846. The molecule has 4 rings (SSSR count). The van der Waals surface area contributed by atoms with E-state index in [0.717, 1.165) is 45.2 Å². The van der Waals surface area contributed by atoms with Crippen molar-refractivity contribution in [2.45, 2.75) is 51.2 Å². The van der Waals surface area contributed by atoms with Crippen LogP contribution in [-0.4, -0.2) is 22.0 Å². The maximum absolute atomic E-state index is 11.2. The number of carbonyl (C=O) groups is 1.